The minimum absolute atomic E-state index is 0.125. The summed E-state index contributed by atoms with van der Waals surface area (Å²) >= 11 is 0. The van der Waals surface area contributed by atoms with Crippen molar-refractivity contribution in [2.45, 2.75) is 69.1 Å². The van der Waals surface area contributed by atoms with Gasteiger partial charge in [0.25, 0.3) is 5.91 Å². The molecular weight excluding hydrogens is 512 g/mol. The minimum Gasteiger partial charge on any atom is -0.497 e. The average Bonchev–Trinajstić information content (AvgIpc) is 3.27. The van der Waals surface area contributed by atoms with Crippen LogP contribution in [0.5, 0.6) is 5.75 Å². The maximum Gasteiger partial charge on any atom is 0.313 e. The molecule has 1 aromatic carbocycles. The molecule has 5 rings (SSSR count). The van der Waals surface area contributed by atoms with Gasteiger partial charge in [-0.05, 0) is 63.3 Å². The number of likely N-dealkylation sites (tertiary alicyclic amines) is 1. The number of unbranched alkanes of at least 4 members (excludes halogenated alkanes) is 3. The lowest BCUT2D eigenvalue weighted by Crippen LogP contribution is -2.56. The molecule has 0 saturated carbocycles. The molecule has 1 N–H and O–H groups in total. The molecule has 4 aliphatic rings. The van der Waals surface area contributed by atoms with E-state index in [9.17, 15) is 14.4 Å². The Balaban J connectivity index is 1.56. The Hall–Kier alpha value is -3.17. The van der Waals surface area contributed by atoms with Crippen LogP contribution in [0, 0.1) is 11.8 Å². The second kappa shape index (κ2) is 11.7. The van der Waals surface area contributed by atoms with Crippen LogP contribution in [-0.4, -0.2) is 78.4 Å². The van der Waals surface area contributed by atoms with E-state index < -0.39 is 35.0 Å². The van der Waals surface area contributed by atoms with Gasteiger partial charge in [-0.2, -0.15) is 0 Å². The Bertz CT molecular complexity index is 1160. The van der Waals surface area contributed by atoms with Gasteiger partial charge in [-0.3, -0.25) is 14.4 Å². The quantitative estimate of drug-likeness (QED) is 0.299. The van der Waals surface area contributed by atoms with Crippen LogP contribution in [-0.2, 0) is 23.9 Å². The maximum absolute atomic E-state index is 14.5. The molecule has 5 atom stereocenters. The minimum atomic E-state index is -1.31. The number of methoxy groups -OCH3 is 1. The molecule has 0 radical (unpaired) electrons. The van der Waals surface area contributed by atoms with Gasteiger partial charge in [-0.1, -0.05) is 37.1 Å². The summed E-state index contributed by atoms with van der Waals surface area (Å²) in [6.07, 6.45) is 13.1. The van der Waals surface area contributed by atoms with Gasteiger partial charge in [-0.15, -0.1) is 0 Å². The van der Waals surface area contributed by atoms with Gasteiger partial charge in [0.2, 0.25) is 5.91 Å². The molecule has 9 nitrogen and oxygen atoms in total. The first-order valence-corrected chi connectivity index (χ1v) is 14.5. The van der Waals surface area contributed by atoms with Crippen molar-refractivity contribution >= 4 is 23.5 Å². The van der Waals surface area contributed by atoms with Crippen LogP contribution < -0.4 is 9.64 Å². The maximum atomic E-state index is 14.5. The third kappa shape index (κ3) is 4.94. The van der Waals surface area contributed by atoms with Gasteiger partial charge >= 0.3 is 5.97 Å². The zero-order valence-corrected chi connectivity index (χ0v) is 23.4. The molecule has 40 heavy (non-hydrogen) atoms. The number of carbonyl (C=O) groups is 3. The zero-order valence-electron chi connectivity index (χ0n) is 23.4. The van der Waals surface area contributed by atoms with E-state index >= 15 is 0 Å². The van der Waals surface area contributed by atoms with E-state index in [1.807, 2.05) is 43.4 Å². The summed E-state index contributed by atoms with van der Waals surface area (Å²) < 4.78 is 17.8. The highest BCUT2D eigenvalue weighted by atomic mass is 16.6. The molecule has 0 bridgehead atoms. The van der Waals surface area contributed by atoms with Crippen LogP contribution in [0.4, 0.5) is 5.69 Å². The first kappa shape index (κ1) is 28.4. The number of benzene rings is 1. The molecule has 1 aromatic rings. The van der Waals surface area contributed by atoms with Crippen molar-refractivity contribution < 1.29 is 33.7 Å². The molecule has 216 valence electrons. The Morgan fingerprint density at radius 1 is 0.975 bits per heavy atom. The Kier molecular flexibility index (Phi) is 8.33. The van der Waals surface area contributed by atoms with Crippen LogP contribution in [0.3, 0.4) is 0 Å². The van der Waals surface area contributed by atoms with Gasteiger partial charge in [0, 0.05) is 25.4 Å². The molecule has 2 fully saturated rings. The molecule has 1 spiro atoms. The fourth-order valence-corrected chi connectivity index (χ4v) is 6.78. The Labute approximate surface area is 235 Å². The normalized spacial score (nSPS) is 32.7. The predicted octanol–water partition coefficient (Wildman–Crippen LogP) is 3.40. The van der Waals surface area contributed by atoms with Crippen LogP contribution in [0.25, 0.3) is 0 Å². The van der Waals surface area contributed by atoms with E-state index in [1.165, 1.54) is 0 Å². The number of rotatable bonds is 8. The second-order valence-electron chi connectivity index (χ2n) is 11.3. The number of aliphatic hydroxyl groups is 1. The molecule has 0 aromatic heterocycles. The van der Waals surface area contributed by atoms with Crippen molar-refractivity contribution in [3.8, 4) is 5.75 Å². The van der Waals surface area contributed by atoms with Crippen LogP contribution >= 0.6 is 0 Å². The van der Waals surface area contributed by atoms with E-state index in [1.54, 1.807) is 29.0 Å². The lowest BCUT2D eigenvalue weighted by atomic mass is 9.74. The van der Waals surface area contributed by atoms with E-state index in [0.29, 0.717) is 44.0 Å². The van der Waals surface area contributed by atoms with Gasteiger partial charge in [0.05, 0.1) is 25.2 Å². The largest absolute Gasteiger partial charge is 0.497 e. The topological polar surface area (TPSA) is 106 Å². The Morgan fingerprint density at radius 3 is 2.50 bits per heavy atom. The van der Waals surface area contributed by atoms with Crippen LogP contribution in [0.15, 0.2) is 48.6 Å². The van der Waals surface area contributed by atoms with Crippen molar-refractivity contribution in [2.24, 2.45) is 11.8 Å². The highest BCUT2D eigenvalue weighted by Gasteiger charge is 2.74. The number of fused-ring (bicyclic) bond motifs is 2. The summed E-state index contributed by atoms with van der Waals surface area (Å²) in [5.41, 5.74) is -1.72. The summed E-state index contributed by atoms with van der Waals surface area (Å²) in [6, 6.07) is 6.33. The highest BCUT2D eigenvalue weighted by molar-refractivity contribution is 6.05. The fraction of sp³-hybridized carbons (Fsp3) is 0.581. The summed E-state index contributed by atoms with van der Waals surface area (Å²) in [5.74, 6) is -2.03. The number of cyclic esters (lactones) is 1. The standard InChI is InChI=1S/C31H40N2O7/c1-30-16-7-3-6-10-21-39-29(37)25(30)24-27(35)33(18-8-4-5-9-20-34)26-28(36)32(19-11-17-31(24,26)40-30)22-12-14-23(38-2)15-13-22/h7,11-17,24-26,34H,3-6,8-10,18-21H2,1-2H3/b16-7-/t24-,25-,26?,30+,31-/m0/s1. The van der Waals surface area contributed by atoms with E-state index in [2.05, 4.69) is 0 Å². The lowest BCUT2D eigenvalue weighted by Gasteiger charge is -2.37. The molecule has 9 heteroatoms. The second-order valence-corrected chi connectivity index (χ2v) is 11.3. The summed E-state index contributed by atoms with van der Waals surface area (Å²) in [5, 5.41) is 9.16. The number of carbonyl (C=O) groups excluding carboxylic acids is 3. The Morgan fingerprint density at radius 2 is 1.75 bits per heavy atom. The molecular formula is C31H40N2O7. The molecule has 2 saturated heterocycles. The van der Waals surface area contributed by atoms with Crippen molar-refractivity contribution in [1.82, 2.24) is 4.90 Å². The zero-order chi connectivity index (χ0) is 28.3. The first-order chi connectivity index (χ1) is 19.4. The van der Waals surface area contributed by atoms with Gasteiger partial charge in [-0.25, -0.2) is 0 Å². The van der Waals surface area contributed by atoms with Crippen molar-refractivity contribution in [1.29, 1.82) is 0 Å². The number of esters is 1. The number of hydrogen-bond donors (Lipinski definition) is 1. The van der Waals surface area contributed by atoms with Crippen LogP contribution in [0.2, 0.25) is 0 Å². The van der Waals surface area contributed by atoms with Gasteiger partial charge < -0.3 is 29.1 Å². The number of nitrogens with zero attached hydrogens (tertiary/aromatic N) is 2. The van der Waals surface area contributed by atoms with Crippen LogP contribution in [0.1, 0.15) is 51.9 Å². The van der Waals surface area contributed by atoms with E-state index in [4.69, 9.17) is 19.3 Å². The fourth-order valence-electron chi connectivity index (χ4n) is 6.78. The van der Waals surface area contributed by atoms with E-state index in [-0.39, 0.29) is 18.4 Å². The van der Waals surface area contributed by atoms with Crippen molar-refractivity contribution in [3.05, 3.63) is 48.6 Å². The SMILES string of the molecule is COc1ccc(N2CC=C[C@]34O[C@]5(C)/C=C\CCCCOC(=O)[C@@H]5[C@H]3C(=O)N(CCCCCCO)C4C2=O)cc1. The number of aliphatic hydroxyl groups excluding tert-OH is 1. The smallest absolute Gasteiger partial charge is 0.313 e. The van der Waals surface area contributed by atoms with E-state index in [0.717, 1.165) is 32.1 Å². The highest BCUT2D eigenvalue weighted by Crippen LogP contribution is 2.57. The first-order valence-electron chi connectivity index (χ1n) is 14.5. The third-order valence-corrected chi connectivity index (χ3v) is 8.69. The number of allylic oxidation sites excluding steroid dienone is 1. The van der Waals surface area contributed by atoms with Gasteiger partial charge in [0.1, 0.15) is 23.3 Å². The monoisotopic (exact) mass is 552 g/mol. The summed E-state index contributed by atoms with van der Waals surface area (Å²) in [4.78, 5) is 45.6. The molecule has 1 unspecified atom stereocenters. The molecule has 4 aliphatic heterocycles. The number of anilines is 1. The number of ether oxygens (including phenoxy) is 3. The number of hydrogen-bond acceptors (Lipinski definition) is 7. The van der Waals surface area contributed by atoms with Crippen molar-refractivity contribution in [2.75, 3.05) is 38.3 Å². The number of amides is 2. The van der Waals surface area contributed by atoms with Crippen molar-refractivity contribution in [3.63, 3.8) is 0 Å². The molecule has 4 heterocycles. The third-order valence-electron chi connectivity index (χ3n) is 8.69. The van der Waals surface area contributed by atoms with Gasteiger partial charge in [0.15, 0.2) is 0 Å². The predicted molar refractivity (Wildman–Crippen MR) is 149 cm³/mol. The molecule has 2 amide bonds. The summed E-state index contributed by atoms with van der Waals surface area (Å²) in [7, 11) is 1.59. The molecule has 0 aliphatic carbocycles. The lowest BCUT2D eigenvalue weighted by molar-refractivity contribution is -0.158. The summed E-state index contributed by atoms with van der Waals surface area (Å²) in [6.45, 7) is 2.92. The average molecular weight is 553 g/mol.